The highest BCUT2D eigenvalue weighted by Gasteiger charge is 2.32. The van der Waals surface area contributed by atoms with Gasteiger partial charge in [-0.3, -0.25) is 14.3 Å². The normalized spacial score (nSPS) is 17.0. The van der Waals surface area contributed by atoms with Crippen LogP contribution in [0.25, 0.3) is 5.82 Å². The van der Waals surface area contributed by atoms with Gasteiger partial charge in [0.25, 0.3) is 5.91 Å². The maximum Gasteiger partial charge on any atom is 0.254 e. The number of rotatable bonds is 3. The molecule has 6 nitrogen and oxygen atoms in total. The van der Waals surface area contributed by atoms with Crippen LogP contribution in [0.1, 0.15) is 34.9 Å². The molecule has 0 unspecified atom stereocenters. The van der Waals surface area contributed by atoms with Crippen molar-refractivity contribution in [3.8, 4) is 5.82 Å². The lowest BCUT2D eigenvalue weighted by atomic mass is 10.1. The Bertz CT molecular complexity index is 879. The minimum Gasteiger partial charge on any atom is -0.330 e. The van der Waals surface area contributed by atoms with Crippen molar-refractivity contribution in [3.63, 3.8) is 0 Å². The van der Waals surface area contributed by atoms with E-state index in [1.807, 2.05) is 0 Å². The standard InChI is InChI=1S/C18H16FN5O/c19-14-5-3-13(4-6-14)18(25)24-8-1-2-16(24)15-10-21-11-17(22-15)23-9-7-20-12-23/h3-7,9-12,16H,1-2,8H2/t16-/m1/s1. The summed E-state index contributed by atoms with van der Waals surface area (Å²) in [6, 6.07) is 5.50. The van der Waals surface area contributed by atoms with Crippen LogP contribution in [0.5, 0.6) is 0 Å². The Labute approximate surface area is 144 Å². The van der Waals surface area contributed by atoms with Crippen LogP contribution >= 0.6 is 0 Å². The molecule has 0 spiro atoms. The van der Waals surface area contributed by atoms with E-state index in [1.165, 1.54) is 24.3 Å². The molecule has 1 fully saturated rings. The lowest BCUT2D eigenvalue weighted by Gasteiger charge is -2.24. The largest absolute Gasteiger partial charge is 0.330 e. The number of likely N-dealkylation sites (tertiary alicyclic amines) is 1. The molecule has 1 saturated heterocycles. The summed E-state index contributed by atoms with van der Waals surface area (Å²) >= 11 is 0. The number of imidazole rings is 1. The number of carbonyl (C=O) groups excluding carboxylic acids is 1. The molecular weight excluding hydrogens is 321 g/mol. The van der Waals surface area contributed by atoms with Crippen molar-refractivity contribution in [2.75, 3.05) is 6.54 Å². The highest BCUT2D eigenvalue weighted by atomic mass is 19.1. The molecule has 1 amide bonds. The molecule has 3 heterocycles. The lowest BCUT2D eigenvalue weighted by Crippen LogP contribution is -2.31. The summed E-state index contributed by atoms with van der Waals surface area (Å²) < 4.78 is 14.9. The number of amides is 1. The summed E-state index contributed by atoms with van der Waals surface area (Å²) in [5, 5.41) is 0. The summed E-state index contributed by atoms with van der Waals surface area (Å²) in [7, 11) is 0. The first-order chi connectivity index (χ1) is 12.2. The Balaban J connectivity index is 1.62. The van der Waals surface area contributed by atoms with Crippen LogP contribution in [-0.2, 0) is 0 Å². The molecule has 1 aliphatic heterocycles. The first kappa shape index (κ1) is 15.4. The van der Waals surface area contributed by atoms with Gasteiger partial charge in [0, 0.05) is 24.5 Å². The third kappa shape index (κ3) is 3.00. The number of carbonyl (C=O) groups is 1. The minimum atomic E-state index is -0.353. The summed E-state index contributed by atoms with van der Waals surface area (Å²) in [4.78, 5) is 27.5. The molecule has 0 saturated carbocycles. The summed E-state index contributed by atoms with van der Waals surface area (Å²) in [6.45, 7) is 0.651. The van der Waals surface area contributed by atoms with E-state index in [9.17, 15) is 9.18 Å². The van der Waals surface area contributed by atoms with Crippen LogP contribution in [0, 0.1) is 5.82 Å². The molecule has 126 valence electrons. The van der Waals surface area contributed by atoms with E-state index in [0.717, 1.165) is 18.5 Å². The van der Waals surface area contributed by atoms with Crippen molar-refractivity contribution in [1.29, 1.82) is 0 Å². The highest BCUT2D eigenvalue weighted by molar-refractivity contribution is 5.94. The van der Waals surface area contributed by atoms with Gasteiger partial charge in [0.2, 0.25) is 0 Å². The molecule has 0 aliphatic carbocycles. The Morgan fingerprint density at radius 1 is 1.16 bits per heavy atom. The van der Waals surface area contributed by atoms with Gasteiger partial charge in [0.05, 0.1) is 24.1 Å². The van der Waals surface area contributed by atoms with Crippen LogP contribution in [-0.4, -0.2) is 36.9 Å². The third-order valence-electron chi connectivity index (χ3n) is 4.36. The summed E-state index contributed by atoms with van der Waals surface area (Å²) in [5.41, 5.74) is 1.23. The molecule has 1 atom stereocenters. The van der Waals surface area contributed by atoms with Crippen molar-refractivity contribution < 1.29 is 9.18 Å². The van der Waals surface area contributed by atoms with E-state index in [4.69, 9.17) is 0 Å². The SMILES string of the molecule is O=C(c1ccc(F)cc1)N1CCC[C@@H]1c1cncc(-n2ccnc2)n1. The number of aromatic nitrogens is 4. The Hall–Kier alpha value is -3.09. The fourth-order valence-electron chi connectivity index (χ4n) is 3.13. The lowest BCUT2D eigenvalue weighted by molar-refractivity contribution is 0.0732. The molecule has 4 rings (SSSR count). The molecule has 25 heavy (non-hydrogen) atoms. The first-order valence-electron chi connectivity index (χ1n) is 8.09. The maximum atomic E-state index is 13.1. The van der Waals surface area contributed by atoms with Gasteiger partial charge in [-0.15, -0.1) is 0 Å². The average molecular weight is 337 g/mol. The molecule has 1 aliphatic rings. The van der Waals surface area contributed by atoms with Gasteiger partial charge in [-0.05, 0) is 37.1 Å². The zero-order chi connectivity index (χ0) is 17.2. The molecule has 2 aromatic heterocycles. The van der Waals surface area contributed by atoms with Crippen LogP contribution in [0.15, 0.2) is 55.4 Å². The van der Waals surface area contributed by atoms with Gasteiger partial charge in [0.1, 0.15) is 12.1 Å². The fourth-order valence-corrected chi connectivity index (χ4v) is 3.13. The predicted octanol–water partition coefficient (Wildman–Crippen LogP) is 2.78. The third-order valence-corrected chi connectivity index (χ3v) is 4.36. The zero-order valence-corrected chi connectivity index (χ0v) is 13.4. The number of nitrogens with zero attached hydrogens (tertiary/aromatic N) is 5. The van der Waals surface area contributed by atoms with Gasteiger partial charge in [-0.1, -0.05) is 0 Å². The summed E-state index contributed by atoms with van der Waals surface area (Å²) in [6.07, 6.45) is 10.2. The van der Waals surface area contributed by atoms with Crippen molar-refractivity contribution >= 4 is 5.91 Å². The number of halogens is 1. The average Bonchev–Trinajstić information content (AvgIpc) is 3.34. The van der Waals surface area contributed by atoms with E-state index in [2.05, 4.69) is 15.0 Å². The highest BCUT2D eigenvalue weighted by Crippen LogP contribution is 2.32. The Morgan fingerprint density at radius 3 is 2.76 bits per heavy atom. The predicted molar refractivity (Wildman–Crippen MR) is 88.6 cm³/mol. The van der Waals surface area contributed by atoms with E-state index in [1.54, 1.807) is 40.6 Å². The molecule has 0 bridgehead atoms. The fraction of sp³-hybridized carbons (Fsp3) is 0.222. The molecule has 7 heteroatoms. The molecule has 0 N–H and O–H groups in total. The van der Waals surface area contributed by atoms with Crippen molar-refractivity contribution in [2.45, 2.75) is 18.9 Å². The molecule has 3 aromatic rings. The zero-order valence-electron chi connectivity index (χ0n) is 13.4. The van der Waals surface area contributed by atoms with E-state index in [0.29, 0.717) is 17.9 Å². The van der Waals surface area contributed by atoms with Crippen molar-refractivity contribution in [2.24, 2.45) is 0 Å². The smallest absolute Gasteiger partial charge is 0.254 e. The monoisotopic (exact) mass is 337 g/mol. The quantitative estimate of drug-likeness (QED) is 0.737. The number of hydrogen-bond acceptors (Lipinski definition) is 4. The van der Waals surface area contributed by atoms with E-state index >= 15 is 0 Å². The Morgan fingerprint density at radius 2 is 2.00 bits per heavy atom. The van der Waals surface area contributed by atoms with Crippen LogP contribution in [0.2, 0.25) is 0 Å². The number of benzene rings is 1. The molecule has 1 aromatic carbocycles. The van der Waals surface area contributed by atoms with Crippen LogP contribution in [0.3, 0.4) is 0 Å². The van der Waals surface area contributed by atoms with E-state index in [-0.39, 0.29) is 17.8 Å². The Kier molecular flexibility index (Phi) is 3.97. The van der Waals surface area contributed by atoms with Gasteiger partial charge in [0.15, 0.2) is 5.82 Å². The molecular formula is C18H16FN5O. The van der Waals surface area contributed by atoms with E-state index < -0.39 is 0 Å². The van der Waals surface area contributed by atoms with Crippen LogP contribution in [0.4, 0.5) is 4.39 Å². The van der Waals surface area contributed by atoms with Crippen LogP contribution < -0.4 is 0 Å². The maximum absolute atomic E-state index is 13.1. The second-order valence-corrected chi connectivity index (χ2v) is 5.94. The first-order valence-corrected chi connectivity index (χ1v) is 8.09. The van der Waals surface area contributed by atoms with Gasteiger partial charge >= 0.3 is 0 Å². The van der Waals surface area contributed by atoms with Gasteiger partial charge < -0.3 is 4.90 Å². The second-order valence-electron chi connectivity index (χ2n) is 5.94. The van der Waals surface area contributed by atoms with Crippen molar-refractivity contribution in [3.05, 3.63) is 72.5 Å². The van der Waals surface area contributed by atoms with Crippen molar-refractivity contribution in [1.82, 2.24) is 24.4 Å². The number of hydrogen-bond donors (Lipinski definition) is 0. The second kappa shape index (κ2) is 6.43. The van der Waals surface area contributed by atoms with Gasteiger partial charge in [-0.25, -0.2) is 14.4 Å². The minimum absolute atomic E-state index is 0.114. The topological polar surface area (TPSA) is 63.9 Å². The summed E-state index contributed by atoms with van der Waals surface area (Å²) in [5.74, 6) is 0.196. The molecule has 0 radical (unpaired) electrons. The van der Waals surface area contributed by atoms with Gasteiger partial charge in [-0.2, -0.15) is 0 Å².